The summed E-state index contributed by atoms with van der Waals surface area (Å²) >= 11 is 0. The van der Waals surface area contributed by atoms with Gasteiger partial charge < -0.3 is 9.88 Å². The first-order valence-electron chi connectivity index (χ1n) is 9.03. The zero-order valence-electron chi connectivity index (χ0n) is 14.7. The fourth-order valence-electron chi connectivity index (χ4n) is 4.25. The van der Waals surface area contributed by atoms with Crippen LogP contribution in [0.1, 0.15) is 66.3 Å². The highest BCUT2D eigenvalue weighted by Gasteiger charge is 2.28. The minimum Gasteiger partial charge on any atom is -0.345 e. The molecule has 2 heterocycles. The second-order valence-corrected chi connectivity index (χ2v) is 9.58. The average molecular weight is 353 g/mol. The lowest BCUT2D eigenvalue weighted by atomic mass is 9.95. The minimum atomic E-state index is -2.91. The van der Waals surface area contributed by atoms with Crippen molar-refractivity contribution in [1.29, 1.82) is 0 Å². The molecule has 134 valence electrons. The largest absolute Gasteiger partial charge is 0.345 e. The molecule has 1 aromatic rings. The zero-order valence-corrected chi connectivity index (χ0v) is 15.5. The highest BCUT2D eigenvalue weighted by atomic mass is 32.2. The Kier molecular flexibility index (Phi) is 5.16. The molecule has 1 aliphatic carbocycles. The van der Waals surface area contributed by atoms with Crippen LogP contribution >= 0.6 is 0 Å². The van der Waals surface area contributed by atoms with Crippen LogP contribution in [0.15, 0.2) is 6.07 Å². The highest BCUT2D eigenvalue weighted by Crippen LogP contribution is 2.32. The van der Waals surface area contributed by atoms with E-state index in [1.54, 1.807) is 0 Å². The Hall–Kier alpha value is -1.14. The van der Waals surface area contributed by atoms with Gasteiger partial charge in [0.25, 0.3) is 0 Å². The van der Waals surface area contributed by atoms with E-state index in [0.29, 0.717) is 12.5 Å². The molecule has 1 saturated carbocycles. The number of ketones is 1. The molecule has 2 fully saturated rings. The first-order valence-corrected chi connectivity index (χ1v) is 10.8. The van der Waals surface area contributed by atoms with E-state index in [1.165, 1.54) is 32.1 Å². The second-order valence-electron chi connectivity index (χ2n) is 7.35. The third-order valence-electron chi connectivity index (χ3n) is 5.51. The fraction of sp³-hybridized carbons (Fsp3) is 0.722. The molecule has 1 saturated heterocycles. The maximum absolute atomic E-state index is 12.6. The molecule has 1 atom stereocenters. The lowest BCUT2D eigenvalue weighted by molar-refractivity contribution is 0.0987. The van der Waals surface area contributed by atoms with Gasteiger partial charge in [0.15, 0.2) is 15.6 Å². The van der Waals surface area contributed by atoms with Crippen LogP contribution in [0.25, 0.3) is 0 Å². The third kappa shape index (κ3) is 3.75. The van der Waals surface area contributed by atoms with Crippen LogP contribution in [0.3, 0.4) is 0 Å². The highest BCUT2D eigenvalue weighted by molar-refractivity contribution is 7.91. The molecular formula is C18H28N2O3S. The van der Waals surface area contributed by atoms with E-state index in [-0.39, 0.29) is 29.9 Å². The van der Waals surface area contributed by atoms with Crippen molar-refractivity contribution in [1.82, 2.24) is 9.88 Å². The van der Waals surface area contributed by atoms with Crippen molar-refractivity contribution in [3.8, 4) is 0 Å². The first-order chi connectivity index (χ1) is 11.4. The average Bonchev–Trinajstić information content (AvgIpc) is 3.05. The van der Waals surface area contributed by atoms with Gasteiger partial charge in [0.1, 0.15) is 0 Å². The van der Waals surface area contributed by atoms with E-state index in [4.69, 9.17) is 0 Å². The Balaban J connectivity index is 1.67. The normalized spacial score (nSPS) is 24.3. The van der Waals surface area contributed by atoms with Gasteiger partial charge in [-0.3, -0.25) is 4.79 Å². The third-order valence-corrected chi connectivity index (χ3v) is 7.28. The number of aryl methyl sites for hydroxylation is 1. The number of aromatic nitrogens is 1. The van der Waals surface area contributed by atoms with Crippen molar-refractivity contribution in [2.24, 2.45) is 0 Å². The number of hydrogen-bond donors (Lipinski definition) is 1. The van der Waals surface area contributed by atoms with Crippen LogP contribution in [0.2, 0.25) is 0 Å². The Morgan fingerprint density at radius 3 is 2.54 bits per heavy atom. The topological polar surface area (TPSA) is 68.2 Å². The number of carbonyl (C=O) groups excluding carboxylic acids is 1. The van der Waals surface area contributed by atoms with Gasteiger partial charge in [0.05, 0.1) is 18.1 Å². The van der Waals surface area contributed by atoms with E-state index in [0.717, 1.165) is 17.0 Å². The SMILES string of the molecule is Cc1cc(C(=O)CNC2CCS(=O)(=O)C2)c(C)n1C1CCCCC1. The summed E-state index contributed by atoms with van der Waals surface area (Å²) in [4.78, 5) is 12.6. The Labute approximate surface area is 144 Å². The number of rotatable bonds is 5. The standard InChI is InChI=1S/C18H28N2O3S/c1-13-10-17(14(2)20(13)16-6-4-3-5-7-16)18(21)11-19-15-8-9-24(22,23)12-15/h10,15-16,19H,3-9,11-12H2,1-2H3. The number of hydrogen-bond acceptors (Lipinski definition) is 4. The molecular weight excluding hydrogens is 324 g/mol. The lowest BCUT2D eigenvalue weighted by Gasteiger charge is -2.26. The summed E-state index contributed by atoms with van der Waals surface area (Å²) in [7, 11) is -2.91. The van der Waals surface area contributed by atoms with Gasteiger partial charge in [-0.25, -0.2) is 8.42 Å². The van der Waals surface area contributed by atoms with Crippen LogP contribution in [0.4, 0.5) is 0 Å². The van der Waals surface area contributed by atoms with Crippen LogP contribution < -0.4 is 5.32 Å². The number of carbonyl (C=O) groups is 1. The van der Waals surface area contributed by atoms with Gasteiger partial charge in [-0.05, 0) is 39.2 Å². The lowest BCUT2D eigenvalue weighted by Crippen LogP contribution is -2.34. The fourth-order valence-corrected chi connectivity index (χ4v) is 5.96. The smallest absolute Gasteiger partial charge is 0.178 e. The number of nitrogens with one attached hydrogen (secondary N) is 1. The van der Waals surface area contributed by atoms with Crippen LogP contribution in [0, 0.1) is 13.8 Å². The summed E-state index contributed by atoms with van der Waals surface area (Å²) in [5.41, 5.74) is 3.00. The minimum absolute atomic E-state index is 0.0643. The van der Waals surface area contributed by atoms with Crippen molar-refractivity contribution >= 4 is 15.6 Å². The number of nitrogens with zero attached hydrogens (tertiary/aromatic N) is 1. The summed E-state index contributed by atoms with van der Waals surface area (Å²) in [6.07, 6.45) is 6.85. The van der Waals surface area contributed by atoms with Crippen molar-refractivity contribution in [3.05, 3.63) is 23.0 Å². The van der Waals surface area contributed by atoms with E-state index < -0.39 is 9.84 Å². The van der Waals surface area contributed by atoms with Gasteiger partial charge in [-0.1, -0.05) is 19.3 Å². The maximum atomic E-state index is 12.6. The summed E-state index contributed by atoms with van der Waals surface area (Å²) < 4.78 is 25.3. The van der Waals surface area contributed by atoms with Crippen molar-refractivity contribution in [2.45, 2.75) is 64.5 Å². The molecule has 24 heavy (non-hydrogen) atoms. The molecule has 5 nitrogen and oxygen atoms in total. The van der Waals surface area contributed by atoms with E-state index >= 15 is 0 Å². The molecule has 1 aliphatic heterocycles. The van der Waals surface area contributed by atoms with Gasteiger partial charge >= 0.3 is 0 Å². The summed E-state index contributed by atoms with van der Waals surface area (Å²) in [5.74, 6) is 0.450. The molecule has 0 spiro atoms. The van der Waals surface area contributed by atoms with Crippen molar-refractivity contribution in [3.63, 3.8) is 0 Å². The van der Waals surface area contributed by atoms with Gasteiger partial charge in [-0.2, -0.15) is 0 Å². The van der Waals surface area contributed by atoms with Crippen molar-refractivity contribution in [2.75, 3.05) is 18.1 Å². The summed E-state index contributed by atoms with van der Waals surface area (Å²) in [6, 6.07) is 2.44. The van der Waals surface area contributed by atoms with Crippen LogP contribution in [-0.2, 0) is 9.84 Å². The predicted molar refractivity (Wildman–Crippen MR) is 95.4 cm³/mol. The van der Waals surface area contributed by atoms with Gasteiger partial charge in [0.2, 0.25) is 0 Å². The molecule has 0 radical (unpaired) electrons. The predicted octanol–water partition coefficient (Wildman–Crippen LogP) is 2.57. The molecule has 2 aliphatic rings. The molecule has 1 aromatic heterocycles. The molecule has 0 amide bonds. The molecule has 3 rings (SSSR count). The van der Waals surface area contributed by atoms with Gasteiger partial charge in [-0.15, -0.1) is 0 Å². The van der Waals surface area contributed by atoms with E-state index in [2.05, 4.69) is 16.8 Å². The van der Waals surface area contributed by atoms with Crippen LogP contribution in [0.5, 0.6) is 0 Å². The van der Waals surface area contributed by atoms with Crippen LogP contribution in [-0.4, -0.2) is 42.9 Å². The van der Waals surface area contributed by atoms with Gasteiger partial charge in [0, 0.05) is 29.0 Å². The van der Waals surface area contributed by atoms with E-state index in [1.807, 2.05) is 13.0 Å². The molecule has 1 N–H and O–H groups in total. The maximum Gasteiger partial charge on any atom is 0.178 e. The Morgan fingerprint density at radius 1 is 1.21 bits per heavy atom. The Morgan fingerprint density at radius 2 is 1.92 bits per heavy atom. The Bertz CT molecular complexity index is 715. The molecule has 0 bridgehead atoms. The number of Topliss-reactive ketones (excluding diaryl/α,β-unsaturated/α-hetero) is 1. The number of sulfone groups is 1. The quantitative estimate of drug-likeness (QED) is 0.827. The zero-order chi connectivity index (χ0) is 17.3. The molecule has 1 unspecified atom stereocenters. The summed E-state index contributed by atoms with van der Waals surface area (Å²) in [6.45, 7) is 4.33. The van der Waals surface area contributed by atoms with E-state index in [9.17, 15) is 13.2 Å². The molecule has 6 heteroatoms. The van der Waals surface area contributed by atoms with Crippen molar-refractivity contribution < 1.29 is 13.2 Å². The monoisotopic (exact) mass is 352 g/mol. The first kappa shape index (κ1) is 17.7. The second kappa shape index (κ2) is 7.00. The summed E-state index contributed by atoms with van der Waals surface area (Å²) in [5, 5.41) is 3.13. The molecule has 0 aromatic carbocycles.